The van der Waals surface area contributed by atoms with E-state index in [1.165, 1.54) is 19.2 Å². The Kier molecular flexibility index (Phi) is 6.11. The second-order valence-corrected chi connectivity index (χ2v) is 8.15. The van der Waals surface area contributed by atoms with Crippen LogP contribution in [-0.2, 0) is 5.41 Å². The zero-order chi connectivity index (χ0) is 23.6. The van der Waals surface area contributed by atoms with E-state index in [9.17, 15) is 24.1 Å². The number of hydrogen-bond acceptors (Lipinski definition) is 5. The molecular formula is C23H22FN3O5. The van der Waals surface area contributed by atoms with E-state index in [0.717, 1.165) is 16.3 Å². The summed E-state index contributed by atoms with van der Waals surface area (Å²) in [5, 5.41) is 10.8. The van der Waals surface area contributed by atoms with E-state index in [0.29, 0.717) is 22.6 Å². The minimum atomic E-state index is -1.09. The number of hydrogen-bond donors (Lipinski definition) is 1. The fraction of sp³-hybridized carbons (Fsp3) is 0.217. The zero-order valence-corrected chi connectivity index (χ0v) is 18.0. The van der Waals surface area contributed by atoms with Crippen LogP contribution in [0.25, 0.3) is 17.8 Å². The Morgan fingerprint density at radius 2 is 1.78 bits per heavy atom. The molecule has 2 aromatic carbocycles. The first-order valence-corrected chi connectivity index (χ1v) is 9.68. The third kappa shape index (κ3) is 4.66. The average Bonchev–Trinajstić information content (AvgIpc) is 2.73. The number of nitrogens with zero attached hydrogens (tertiary/aromatic N) is 2. The molecule has 0 fully saturated rings. The molecule has 1 heterocycles. The molecule has 3 aromatic rings. The number of methoxy groups -OCH3 is 1. The maximum absolute atomic E-state index is 13.9. The van der Waals surface area contributed by atoms with Crippen LogP contribution in [0.5, 0.6) is 5.75 Å². The zero-order valence-electron chi connectivity index (χ0n) is 18.0. The third-order valence-electron chi connectivity index (χ3n) is 4.85. The maximum atomic E-state index is 13.9. The second kappa shape index (κ2) is 8.62. The summed E-state index contributed by atoms with van der Waals surface area (Å²) in [6.07, 6.45) is 4.33. The number of H-pyrrole nitrogens is 1. The summed E-state index contributed by atoms with van der Waals surface area (Å²) in [6.45, 7) is 5.90. The molecule has 8 nitrogen and oxygen atoms in total. The number of ether oxygens (including phenoxy) is 1. The summed E-state index contributed by atoms with van der Waals surface area (Å²) in [4.78, 5) is 36.1. The molecule has 166 valence electrons. The molecule has 0 radical (unpaired) electrons. The molecule has 0 bridgehead atoms. The molecule has 0 spiro atoms. The van der Waals surface area contributed by atoms with Crippen LogP contribution in [0.4, 0.5) is 10.1 Å². The maximum Gasteiger partial charge on any atom is 0.333 e. The van der Waals surface area contributed by atoms with Crippen LogP contribution in [0.1, 0.15) is 37.5 Å². The summed E-state index contributed by atoms with van der Waals surface area (Å²) >= 11 is 0. The quantitative estimate of drug-likeness (QED) is 0.367. The van der Waals surface area contributed by atoms with Crippen molar-refractivity contribution in [1.82, 2.24) is 9.55 Å². The van der Waals surface area contributed by atoms with Crippen molar-refractivity contribution in [3.8, 4) is 11.4 Å². The lowest BCUT2D eigenvalue weighted by Gasteiger charge is -2.25. The van der Waals surface area contributed by atoms with E-state index in [1.54, 1.807) is 36.4 Å². The fourth-order valence-corrected chi connectivity index (χ4v) is 3.22. The molecule has 0 saturated heterocycles. The van der Waals surface area contributed by atoms with Gasteiger partial charge in [0.15, 0.2) is 0 Å². The third-order valence-corrected chi connectivity index (χ3v) is 4.85. The fourth-order valence-electron chi connectivity index (χ4n) is 3.22. The Labute approximate surface area is 182 Å². The number of nitro benzene ring substituents is 1. The van der Waals surface area contributed by atoms with Crippen LogP contribution in [0.2, 0.25) is 0 Å². The van der Waals surface area contributed by atoms with Crippen molar-refractivity contribution in [3.63, 3.8) is 0 Å². The lowest BCUT2D eigenvalue weighted by atomic mass is 9.84. The molecule has 0 saturated carbocycles. The Bertz CT molecular complexity index is 1320. The number of aromatic amines is 1. The van der Waals surface area contributed by atoms with E-state index in [-0.39, 0.29) is 11.1 Å². The number of nitrogens with one attached hydrogen (secondary N) is 1. The van der Waals surface area contributed by atoms with Gasteiger partial charge in [0, 0.05) is 23.3 Å². The number of non-ortho nitro benzene ring substituents is 1. The van der Waals surface area contributed by atoms with Gasteiger partial charge in [-0.05, 0) is 35.2 Å². The molecule has 3 rings (SSSR count). The van der Waals surface area contributed by atoms with Gasteiger partial charge in [0.05, 0.1) is 23.9 Å². The molecule has 0 atom stereocenters. The highest BCUT2D eigenvalue weighted by atomic mass is 19.1. The molecule has 0 aliphatic rings. The molecule has 0 aliphatic heterocycles. The normalized spacial score (nSPS) is 11.7. The SMILES string of the molecule is COc1c(C=Cc2ccc([N+](=O)[O-])cc2)cc(-n2cc(F)c(=O)[nH]c2=O)cc1C(C)(C)C. The van der Waals surface area contributed by atoms with Crippen molar-refractivity contribution in [1.29, 1.82) is 0 Å². The summed E-state index contributed by atoms with van der Waals surface area (Å²) < 4.78 is 20.6. The van der Waals surface area contributed by atoms with Crippen LogP contribution < -0.4 is 16.0 Å². The van der Waals surface area contributed by atoms with E-state index in [4.69, 9.17) is 4.74 Å². The molecule has 0 unspecified atom stereocenters. The number of nitro groups is 1. The largest absolute Gasteiger partial charge is 0.496 e. The second-order valence-electron chi connectivity index (χ2n) is 8.15. The highest BCUT2D eigenvalue weighted by Gasteiger charge is 2.23. The van der Waals surface area contributed by atoms with Crippen LogP contribution in [0.3, 0.4) is 0 Å². The van der Waals surface area contributed by atoms with Gasteiger partial charge in [-0.3, -0.25) is 24.5 Å². The van der Waals surface area contributed by atoms with Gasteiger partial charge in [-0.2, -0.15) is 4.39 Å². The first-order chi connectivity index (χ1) is 15.0. The lowest BCUT2D eigenvalue weighted by molar-refractivity contribution is -0.384. The number of rotatable bonds is 5. The van der Waals surface area contributed by atoms with E-state index >= 15 is 0 Å². The van der Waals surface area contributed by atoms with Crippen LogP contribution >= 0.6 is 0 Å². The Hall–Kier alpha value is -4.01. The van der Waals surface area contributed by atoms with Crippen molar-refractivity contribution in [2.75, 3.05) is 7.11 Å². The van der Waals surface area contributed by atoms with Crippen LogP contribution in [0, 0.1) is 15.9 Å². The number of halogens is 1. The highest BCUT2D eigenvalue weighted by Crippen LogP contribution is 2.37. The first kappa shape index (κ1) is 22.7. The molecule has 0 amide bonds. The summed E-state index contributed by atoms with van der Waals surface area (Å²) in [6, 6.07) is 9.36. The summed E-state index contributed by atoms with van der Waals surface area (Å²) in [7, 11) is 1.53. The molecular weight excluding hydrogens is 417 g/mol. The Balaban J connectivity index is 2.19. The summed E-state index contributed by atoms with van der Waals surface area (Å²) in [5.41, 5.74) is 0.164. The highest BCUT2D eigenvalue weighted by molar-refractivity contribution is 5.75. The van der Waals surface area contributed by atoms with Crippen molar-refractivity contribution in [2.45, 2.75) is 26.2 Å². The smallest absolute Gasteiger partial charge is 0.333 e. The average molecular weight is 439 g/mol. The van der Waals surface area contributed by atoms with E-state index < -0.39 is 22.0 Å². The van der Waals surface area contributed by atoms with Gasteiger partial charge in [0.2, 0.25) is 5.82 Å². The Morgan fingerprint density at radius 3 is 2.34 bits per heavy atom. The minimum Gasteiger partial charge on any atom is -0.496 e. The van der Waals surface area contributed by atoms with Crippen molar-refractivity contribution >= 4 is 17.8 Å². The number of benzene rings is 2. The van der Waals surface area contributed by atoms with Gasteiger partial charge < -0.3 is 4.74 Å². The van der Waals surface area contributed by atoms with Gasteiger partial charge in [-0.25, -0.2) is 4.79 Å². The topological polar surface area (TPSA) is 107 Å². The monoisotopic (exact) mass is 439 g/mol. The van der Waals surface area contributed by atoms with Crippen LogP contribution in [-0.4, -0.2) is 21.6 Å². The minimum absolute atomic E-state index is 0.0174. The van der Waals surface area contributed by atoms with Crippen molar-refractivity contribution in [3.05, 3.63) is 96.1 Å². The van der Waals surface area contributed by atoms with Crippen molar-refractivity contribution in [2.24, 2.45) is 0 Å². The molecule has 32 heavy (non-hydrogen) atoms. The lowest BCUT2D eigenvalue weighted by Crippen LogP contribution is -2.30. The van der Waals surface area contributed by atoms with Gasteiger partial charge in [0.25, 0.3) is 11.2 Å². The van der Waals surface area contributed by atoms with Crippen LogP contribution in [0.15, 0.2) is 52.2 Å². The van der Waals surface area contributed by atoms with Gasteiger partial charge >= 0.3 is 5.69 Å². The van der Waals surface area contributed by atoms with Crippen molar-refractivity contribution < 1.29 is 14.1 Å². The van der Waals surface area contributed by atoms with E-state index in [2.05, 4.69) is 0 Å². The molecule has 9 heteroatoms. The van der Waals surface area contributed by atoms with Gasteiger partial charge in [-0.1, -0.05) is 32.9 Å². The van der Waals surface area contributed by atoms with Gasteiger partial charge in [-0.15, -0.1) is 0 Å². The first-order valence-electron chi connectivity index (χ1n) is 9.68. The Morgan fingerprint density at radius 1 is 1.12 bits per heavy atom. The standard InChI is InChI=1S/C23H22FN3O5/c1-23(2,3)18-12-17(26-13-19(24)21(28)25-22(26)29)11-15(20(18)32-4)8-5-14-6-9-16(10-7-14)27(30)31/h5-13H,1-4H3,(H,25,28,29). The molecule has 0 aliphatic carbocycles. The molecule has 1 aromatic heterocycles. The van der Waals surface area contributed by atoms with Gasteiger partial charge in [0.1, 0.15) is 5.75 Å². The predicted molar refractivity (Wildman–Crippen MR) is 120 cm³/mol. The number of aromatic nitrogens is 2. The predicted octanol–water partition coefficient (Wildman–Crippen LogP) is 4.05. The summed E-state index contributed by atoms with van der Waals surface area (Å²) in [5.74, 6) is -0.516. The van der Waals surface area contributed by atoms with E-state index in [1.807, 2.05) is 25.8 Å². The molecule has 1 N–H and O–H groups in total.